The van der Waals surface area contributed by atoms with E-state index in [1.807, 2.05) is 0 Å². The first-order chi connectivity index (χ1) is 39.5. The number of ether oxygens (including phenoxy) is 3. The van der Waals surface area contributed by atoms with Crippen LogP contribution in [0.1, 0.15) is 438 Å². The topological polar surface area (TPSA) is 78.9 Å². The zero-order valence-electron chi connectivity index (χ0n) is 54.9. The predicted molar refractivity (Wildman–Crippen MR) is 349 cm³/mol. The summed E-state index contributed by atoms with van der Waals surface area (Å²) in [7, 11) is 0. The van der Waals surface area contributed by atoms with E-state index in [0.717, 1.165) is 57.8 Å². The van der Waals surface area contributed by atoms with Crippen molar-refractivity contribution in [3.8, 4) is 0 Å². The molecule has 0 aliphatic carbocycles. The van der Waals surface area contributed by atoms with E-state index in [1.54, 1.807) is 0 Å². The highest BCUT2D eigenvalue weighted by Gasteiger charge is 2.20. The minimum absolute atomic E-state index is 0.0598. The Kier molecular flexibility index (Phi) is 68.5. The molecule has 0 N–H and O–H groups in total. The van der Waals surface area contributed by atoms with E-state index in [1.165, 1.54) is 340 Å². The summed E-state index contributed by atoms with van der Waals surface area (Å²) in [5.41, 5.74) is 0. The second kappa shape index (κ2) is 69.9. The number of rotatable bonds is 70. The van der Waals surface area contributed by atoms with Gasteiger partial charge in [0.1, 0.15) is 13.2 Å². The Labute approximate surface area is 501 Å². The Morgan fingerprint density at radius 3 is 0.500 bits per heavy atom. The Morgan fingerprint density at radius 2 is 0.338 bits per heavy atom. The van der Waals surface area contributed by atoms with Crippen molar-refractivity contribution in [3.63, 3.8) is 0 Å². The summed E-state index contributed by atoms with van der Waals surface area (Å²) < 4.78 is 17.0. The summed E-state index contributed by atoms with van der Waals surface area (Å²) in [6.45, 7) is 6.76. The van der Waals surface area contributed by atoms with Crippen molar-refractivity contribution in [2.45, 2.75) is 444 Å². The van der Waals surface area contributed by atoms with E-state index in [0.29, 0.717) is 19.3 Å². The Bertz CT molecular complexity index is 1200. The maximum absolute atomic E-state index is 13.0. The number of hydrogen-bond donors (Lipinski definition) is 0. The second-order valence-corrected chi connectivity index (χ2v) is 25.6. The van der Waals surface area contributed by atoms with Crippen LogP contribution < -0.4 is 0 Å². The fourth-order valence-corrected chi connectivity index (χ4v) is 11.8. The standard InChI is InChI=1S/C74H144O6/c1-4-7-10-13-16-19-22-25-28-31-33-35-36-37-38-39-41-43-46-49-52-55-58-61-64-67-73(76)79-70-71(69-78-72(75)66-63-60-57-54-51-48-45-42-30-27-24-21-18-15-12-9-6-3)80-74(77)68-65-62-59-56-53-50-47-44-40-34-32-29-26-23-20-17-14-11-8-5-2/h71H,4-70H2,1-3H3. The van der Waals surface area contributed by atoms with Gasteiger partial charge >= 0.3 is 17.9 Å². The van der Waals surface area contributed by atoms with Crippen LogP contribution in [0.2, 0.25) is 0 Å². The number of hydrogen-bond acceptors (Lipinski definition) is 6. The van der Waals surface area contributed by atoms with Gasteiger partial charge in [0.05, 0.1) is 0 Å². The SMILES string of the molecule is CCCCCCCCCCCCCCCCCCCCCCCCCCCC(=O)OCC(COC(=O)CCCCCCCCCCCCCCCCCCC)OC(=O)CCCCCCCCCCCCCCCCCCCCCC. The van der Waals surface area contributed by atoms with Gasteiger partial charge in [-0.1, -0.05) is 400 Å². The molecule has 1 unspecified atom stereocenters. The fraction of sp³-hybridized carbons (Fsp3) is 0.959. The van der Waals surface area contributed by atoms with Crippen LogP contribution in [0.3, 0.4) is 0 Å². The smallest absolute Gasteiger partial charge is 0.306 e. The average molecular weight is 1130 g/mol. The van der Waals surface area contributed by atoms with Crippen LogP contribution in [-0.4, -0.2) is 37.2 Å². The average Bonchev–Trinajstić information content (AvgIpc) is 3.46. The van der Waals surface area contributed by atoms with Crippen LogP contribution in [0, 0.1) is 0 Å². The highest BCUT2D eigenvalue weighted by atomic mass is 16.6. The monoisotopic (exact) mass is 1130 g/mol. The first kappa shape index (κ1) is 78.4. The van der Waals surface area contributed by atoms with Crippen molar-refractivity contribution in [2.24, 2.45) is 0 Å². The minimum atomic E-state index is -0.764. The molecule has 0 aliphatic heterocycles. The lowest BCUT2D eigenvalue weighted by Crippen LogP contribution is -2.30. The van der Waals surface area contributed by atoms with Gasteiger partial charge < -0.3 is 14.2 Å². The van der Waals surface area contributed by atoms with Crippen LogP contribution in [0.25, 0.3) is 0 Å². The lowest BCUT2D eigenvalue weighted by atomic mass is 10.0. The second-order valence-electron chi connectivity index (χ2n) is 25.6. The summed E-state index contributed by atoms with van der Waals surface area (Å²) in [5, 5.41) is 0. The summed E-state index contributed by atoms with van der Waals surface area (Å²) in [6.07, 6.45) is 82.8. The van der Waals surface area contributed by atoms with Gasteiger partial charge in [-0.15, -0.1) is 0 Å². The van der Waals surface area contributed by atoms with E-state index < -0.39 is 6.10 Å². The van der Waals surface area contributed by atoms with Crippen molar-refractivity contribution < 1.29 is 28.6 Å². The van der Waals surface area contributed by atoms with Crippen molar-refractivity contribution in [1.29, 1.82) is 0 Å². The third-order valence-electron chi connectivity index (χ3n) is 17.4. The molecule has 0 aliphatic rings. The van der Waals surface area contributed by atoms with Gasteiger partial charge in [0.25, 0.3) is 0 Å². The molecule has 0 rings (SSSR count). The van der Waals surface area contributed by atoms with Crippen molar-refractivity contribution >= 4 is 17.9 Å². The number of esters is 3. The highest BCUT2D eigenvalue weighted by Crippen LogP contribution is 2.20. The van der Waals surface area contributed by atoms with Gasteiger partial charge in [0, 0.05) is 19.3 Å². The van der Waals surface area contributed by atoms with E-state index in [2.05, 4.69) is 20.8 Å². The predicted octanol–water partition coefficient (Wildman–Crippen LogP) is 25.4. The summed E-state index contributed by atoms with van der Waals surface area (Å²) in [5.74, 6) is -0.815. The van der Waals surface area contributed by atoms with Gasteiger partial charge in [0.15, 0.2) is 6.10 Å². The van der Waals surface area contributed by atoms with Crippen LogP contribution >= 0.6 is 0 Å². The quantitative estimate of drug-likeness (QED) is 0.0343. The third-order valence-corrected chi connectivity index (χ3v) is 17.4. The molecule has 0 aromatic carbocycles. The van der Waals surface area contributed by atoms with E-state index >= 15 is 0 Å². The molecule has 0 radical (unpaired) electrons. The van der Waals surface area contributed by atoms with Crippen LogP contribution in [0.4, 0.5) is 0 Å². The number of carbonyl (C=O) groups excluding carboxylic acids is 3. The van der Waals surface area contributed by atoms with E-state index in [9.17, 15) is 14.4 Å². The number of carbonyl (C=O) groups is 3. The largest absolute Gasteiger partial charge is 0.462 e. The molecule has 0 saturated carbocycles. The van der Waals surface area contributed by atoms with Gasteiger partial charge in [-0.3, -0.25) is 14.4 Å². The zero-order chi connectivity index (χ0) is 57.8. The van der Waals surface area contributed by atoms with E-state index in [-0.39, 0.29) is 31.1 Å². The first-order valence-electron chi connectivity index (χ1n) is 37.0. The molecule has 0 fully saturated rings. The van der Waals surface area contributed by atoms with Gasteiger partial charge in [-0.05, 0) is 19.3 Å². The molecule has 0 heterocycles. The molecule has 0 amide bonds. The Balaban J connectivity index is 4.23. The third kappa shape index (κ3) is 67.2. The maximum Gasteiger partial charge on any atom is 0.306 e. The lowest BCUT2D eigenvalue weighted by Gasteiger charge is -2.18. The van der Waals surface area contributed by atoms with Gasteiger partial charge in [0.2, 0.25) is 0 Å². The van der Waals surface area contributed by atoms with Crippen LogP contribution in [0.5, 0.6) is 0 Å². The van der Waals surface area contributed by atoms with Crippen molar-refractivity contribution in [2.75, 3.05) is 13.2 Å². The molecule has 0 bridgehead atoms. The summed E-state index contributed by atoms with van der Waals surface area (Å²) >= 11 is 0. The van der Waals surface area contributed by atoms with Gasteiger partial charge in [-0.25, -0.2) is 0 Å². The molecule has 80 heavy (non-hydrogen) atoms. The highest BCUT2D eigenvalue weighted by molar-refractivity contribution is 5.71. The van der Waals surface area contributed by atoms with E-state index in [4.69, 9.17) is 14.2 Å². The van der Waals surface area contributed by atoms with Crippen molar-refractivity contribution in [3.05, 3.63) is 0 Å². The first-order valence-corrected chi connectivity index (χ1v) is 37.0. The minimum Gasteiger partial charge on any atom is -0.462 e. The molecule has 0 aromatic rings. The summed E-state index contributed by atoms with van der Waals surface area (Å²) in [4.78, 5) is 38.5. The van der Waals surface area contributed by atoms with Crippen LogP contribution in [-0.2, 0) is 28.6 Å². The normalized spacial score (nSPS) is 11.9. The molecule has 6 heteroatoms. The summed E-state index contributed by atoms with van der Waals surface area (Å²) in [6, 6.07) is 0. The molecule has 476 valence electrons. The molecular formula is C74H144O6. The lowest BCUT2D eigenvalue weighted by molar-refractivity contribution is -0.167. The fourth-order valence-electron chi connectivity index (χ4n) is 11.8. The molecule has 1 atom stereocenters. The van der Waals surface area contributed by atoms with Crippen LogP contribution in [0.15, 0.2) is 0 Å². The van der Waals surface area contributed by atoms with Crippen molar-refractivity contribution in [1.82, 2.24) is 0 Å². The van der Waals surface area contributed by atoms with Gasteiger partial charge in [-0.2, -0.15) is 0 Å². The molecular weight excluding hydrogens is 985 g/mol. The molecule has 0 spiro atoms. The Hall–Kier alpha value is -1.59. The maximum atomic E-state index is 13.0. The zero-order valence-corrected chi connectivity index (χ0v) is 54.9. The molecule has 0 aromatic heterocycles. The molecule has 6 nitrogen and oxygen atoms in total. The Morgan fingerprint density at radius 1 is 0.200 bits per heavy atom. The molecule has 0 saturated heterocycles. The number of unbranched alkanes of at least 4 members (excludes halogenated alkanes) is 59.